The van der Waals surface area contributed by atoms with Crippen LogP contribution in [0.4, 0.5) is 0 Å². The van der Waals surface area contributed by atoms with Crippen molar-refractivity contribution < 1.29 is 14.7 Å². The number of rotatable bonds is 6. The molecular weight excluding hydrogens is 322 g/mol. The van der Waals surface area contributed by atoms with E-state index in [1.807, 2.05) is 6.92 Å². The fourth-order valence-electron chi connectivity index (χ4n) is 3.57. The smallest absolute Gasteiger partial charge is 0.317 e. The molecule has 0 aromatic heterocycles. The SMILES string of the molecule is C1CCC(NC2CCCCC2)CC1.CCC[C@H](SC(C)=O)C(=O)O. The summed E-state index contributed by atoms with van der Waals surface area (Å²) in [5.41, 5.74) is 0. The van der Waals surface area contributed by atoms with Gasteiger partial charge in [0.15, 0.2) is 5.12 Å². The molecule has 2 saturated carbocycles. The van der Waals surface area contributed by atoms with E-state index in [2.05, 4.69) is 5.32 Å². The highest BCUT2D eigenvalue weighted by molar-refractivity contribution is 8.14. The number of hydrogen-bond acceptors (Lipinski definition) is 4. The topological polar surface area (TPSA) is 66.4 Å². The van der Waals surface area contributed by atoms with E-state index in [0.717, 1.165) is 30.3 Å². The molecule has 0 heterocycles. The highest BCUT2D eigenvalue weighted by Crippen LogP contribution is 2.22. The second-order valence-corrected chi connectivity index (χ2v) is 8.44. The van der Waals surface area contributed by atoms with Crippen LogP contribution < -0.4 is 5.32 Å². The number of aliphatic carboxylic acids is 1. The van der Waals surface area contributed by atoms with Gasteiger partial charge in [-0.25, -0.2) is 0 Å². The van der Waals surface area contributed by atoms with Gasteiger partial charge in [-0.2, -0.15) is 0 Å². The van der Waals surface area contributed by atoms with Gasteiger partial charge in [0.25, 0.3) is 0 Å². The maximum absolute atomic E-state index is 10.5. The molecular formula is C19H35NO3S. The number of carboxylic acids is 1. The van der Waals surface area contributed by atoms with Gasteiger partial charge in [0, 0.05) is 19.0 Å². The Kier molecular flexibility index (Phi) is 11.4. The van der Waals surface area contributed by atoms with E-state index in [9.17, 15) is 9.59 Å². The maximum atomic E-state index is 10.5. The first-order valence-electron chi connectivity index (χ1n) is 9.69. The molecule has 0 amide bonds. The molecule has 24 heavy (non-hydrogen) atoms. The molecule has 0 aromatic rings. The number of carboxylic acid groups (broad SMARTS) is 1. The maximum Gasteiger partial charge on any atom is 0.317 e. The van der Waals surface area contributed by atoms with Crippen molar-refractivity contribution in [2.24, 2.45) is 0 Å². The van der Waals surface area contributed by atoms with E-state index in [1.54, 1.807) is 0 Å². The summed E-state index contributed by atoms with van der Waals surface area (Å²) in [6.07, 6.45) is 15.9. The summed E-state index contributed by atoms with van der Waals surface area (Å²) in [5.74, 6) is -0.896. The van der Waals surface area contributed by atoms with Crippen molar-refractivity contribution in [2.75, 3.05) is 0 Å². The molecule has 0 saturated heterocycles. The molecule has 2 aliphatic rings. The van der Waals surface area contributed by atoms with Crippen LogP contribution in [0.2, 0.25) is 0 Å². The lowest BCUT2D eigenvalue weighted by atomic mass is 9.91. The van der Waals surface area contributed by atoms with Gasteiger partial charge in [-0.1, -0.05) is 63.6 Å². The molecule has 4 nitrogen and oxygen atoms in total. The Morgan fingerprint density at radius 3 is 1.79 bits per heavy atom. The van der Waals surface area contributed by atoms with Crippen molar-refractivity contribution in [3.8, 4) is 0 Å². The molecule has 2 rings (SSSR count). The zero-order valence-corrected chi connectivity index (χ0v) is 16.2. The first kappa shape index (κ1) is 21.5. The summed E-state index contributed by atoms with van der Waals surface area (Å²) in [5, 5.41) is 11.7. The van der Waals surface area contributed by atoms with Crippen molar-refractivity contribution in [3.05, 3.63) is 0 Å². The summed E-state index contributed by atoms with van der Waals surface area (Å²) in [4.78, 5) is 21.0. The number of nitrogens with one attached hydrogen (secondary N) is 1. The van der Waals surface area contributed by atoms with Gasteiger partial charge in [0.05, 0.1) is 0 Å². The second kappa shape index (κ2) is 12.8. The summed E-state index contributed by atoms with van der Waals surface area (Å²) in [6, 6.07) is 1.74. The number of hydrogen-bond donors (Lipinski definition) is 2. The molecule has 2 fully saturated rings. The van der Waals surface area contributed by atoms with Gasteiger partial charge in [-0.15, -0.1) is 0 Å². The molecule has 0 unspecified atom stereocenters. The minimum atomic E-state index is -0.896. The van der Waals surface area contributed by atoms with E-state index in [0.29, 0.717) is 6.42 Å². The predicted octanol–water partition coefficient (Wildman–Crippen LogP) is 4.76. The summed E-state index contributed by atoms with van der Waals surface area (Å²) < 4.78 is 0. The average Bonchev–Trinajstić information content (AvgIpc) is 2.56. The van der Waals surface area contributed by atoms with E-state index in [1.165, 1.54) is 71.1 Å². The molecule has 2 aliphatic carbocycles. The average molecular weight is 358 g/mol. The van der Waals surface area contributed by atoms with Crippen molar-refractivity contribution in [3.63, 3.8) is 0 Å². The Morgan fingerprint density at radius 2 is 1.46 bits per heavy atom. The van der Waals surface area contributed by atoms with Gasteiger partial charge in [0.2, 0.25) is 0 Å². The van der Waals surface area contributed by atoms with Crippen LogP contribution >= 0.6 is 11.8 Å². The lowest BCUT2D eigenvalue weighted by molar-refractivity contribution is -0.136. The van der Waals surface area contributed by atoms with Gasteiger partial charge < -0.3 is 10.4 Å². The first-order valence-corrected chi connectivity index (χ1v) is 10.6. The molecule has 0 aliphatic heterocycles. The fraction of sp³-hybridized carbons (Fsp3) is 0.895. The van der Waals surface area contributed by atoms with E-state index >= 15 is 0 Å². The summed E-state index contributed by atoms with van der Waals surface area (Å²) in [6.45, 7) is 3.28. The second-order valence-electron chi connectivity index (χ2n) is 7.06. The highest BCUT2D eigenvalue weighted by atomic mass is 32.2. The fourth-order valence-corrected chi connectivity index (χ4v) is 4.42. The third kappa shape index (κ3) is 9.67. The monoisotopic (exact) mass is 357 g/mol. The Morgan fingerprint density at radius 1 is 1.00 bits per heavy atom. The van der Waals surface area contributed by atoms with E-state index in [4.69, 9.17) is 5.11 Å². The third-order valence-electron chi connectivity index (χ3n) is 4.82. The van der Waals surface area contributed by atoms with Crippen molar-refractivity contribution >= 4 is 22.8 Å². The van der Waals surface area contributed by atoms with Crippen molar-refractivity contribution in [2.45, 2.75) is 108 Å². The number of carbonyl (C=O) groups excluding carboxylic acids is 1. The predicted molar refractivity (Wildman–Crippen MR) is 101 cm³/mol. The first-order chi connectivity index (χ1) is 11.5. The molecule has 1 atom stereocenters. The molecule has 0 spiro atoms. The van der Waals surface area contributed by atoms with Crippen LogP contribution in [0.25, 0.3) is 0 Å². The minimum absolute atomic E-state index is 0.133. The summed E-state index contributed by atoms with van der Waals surface area (Å²) in [7, 11) is 0. The lowest BCUT2D eigenvalue weighted by Crippen LogP contribution is -2.40. The van der Waals surface area contributed by atoms with Crippen LogP contribution in [-0.4, -0.2) is 33.5 Å². The standard InChI is InChI=1S/C12H23N.C7H12O3S/c1-3-7-11(8-4-1)13-12-9-5-2-6-10-12;1-3-4-6(7(9)10)11-5(2)8/h11-13H,1-10H2;6H,3-4H2,1-2H3,(H,9,10)/t;6-/m.0/s1. The number of thioether (sulfide) groups is 1. The molecule has 0 aromatic carbocycles. The quantitative estimate of drug-likeness (QED) is 0.717. The van der Waals surface area contributed by atoms with Gasteiger partial charge in [-0.3, -0.25) is 9.59 Å². The zero-order valence-electron chi connectivity index (χ0n) is 15.4. The van der Waals surface area contributed by atoms with Crippen molar-refractivity contribution in [1.82, 2.24) is 5.32 Å². The van der Waals surface area contributed by atoms with E-state index in [-0.39, 0.29) is 5.12 Å². The Labute approximate surface area is 151 Å². The van der Waals surface area contributed by atoms with Crippen LogP contribution in [0.3, 0.4) is 0 Å². The van der Waals surface area contributed by atoms with Crippen LogP contribution in [0.15, 0.2) is 0 Å². The lowest BCUT2D eigenvalue weighted by Gasteiger charge is -2.30. The minimum Gasteiger partial charge on any atom is -0.480 e. The zero-order chi connectivity index (χ0) is 17.8. The summed E-state index contributed by atoms with van der Waals surface area (Å²) >= 11 is 0.894. The molecule has 2 N–H and O–H groups in total. The molecule has 0 radical (unpaired) electrons. The van der Waals surface area contributed by atoms with Crippen LogP contribution in [0.1, 0.15) is 90.9 Å². The normalized spacial score (nSPS) is 20.8. The third-order valence-corrected chi connectivity index (χ3v) is 5.87. The highest BCUT2D eigenvalue weighted by Gasteiger charge is 2.19. The number of carbonyl (C=O) groups is 2. The Bertz CT molecular complexity index is 348. The Balaban J connectivity index is 0.000000245. The van der Waals surface area contributed by atoms with Crippen LogP contribution in [-0.2, 0) is 9.59 Å². The molecule has 140 valence electrons. The van der Waals surface area contributed by atoms with Gasteiger partial charge >= 0.3 is 5.97 Å². The molecule has 5 heteroatoms. The van der Waals surface area contributed by atoms with Crippen LogP contribution in [0, 0.1) is 0 Å². The van der Waals surface area contributed by atoms with Crippen molar-refractivity contribution in [1.29, 1.82) is 0 Å². The van der Waals surface area contributed by atoms with Crippen LogP contribution in [0.5, 0.6) is 0 Å². The van der Waals surface area contributed by atoms with Gasteiger partial charge in [-0.05, 0) is 32.1 Å². The molecule has 0 bridgehead atoms. The Hall–Kier alpha value is -0.550. The van der Waals surface area contributed by atoms with Gasteiger partial charge in [0.1, 0.15) is 5.25 Å². The largest absolute Gasteiger partial charge is 0.480 e. The van der Waals surface area contributed by atoms with E-state index < -0.39 is 11.2 Å².